The van der Waals surface area contributed by atoms with Gasteiger partial charge in [0.2, 0.25) is 5.91 Å². The fourth-order valence-corrected chi connectivity index (χ4v) is 6.83. The zero-order valence-electron chi connectivity index (χ0n) is 17.2. The van der Waals surface area contributed by atoms with E-state index >= 15 is 0 Å². The smallest absolute Gasteiger partial charge is 0.252 e. The minimum Gasteiger partial charge on any atom is -0.497 e. The van der Waals surface area contributed by atoms with Gasteiger partial charge in [-0.3, -0.25) is 4.79 Å². The molecule has 0 aliphatic carbocycles. The highest BCUT2D eigenvalue weighted by molar-refractivity contribution is 7.91. The Morgan fingerprint density at radius 3 is 2.35 bits per heavy atom. The maximum Gasteiger partial charge on any atom is 0.252 e. The molecule has 2 heterocycles. The van der Waals surface area contributed by atoms with Gasteiger partial charge < -0.3 is 9.64 Å². The Hall–Kier alpha value is -2.13. The van der Waals surface area contributed by atoms with Crippen LogP contribution in [0.3, 0.4) is 0 Å². The molecule has 6 nitrogen and oxygen atoms in total. The molecule has 9 heteroatoms. The second-order valence-electron chi connectivity index (χ2n) is 7.48. The number of carbonyl (C=O) groups excluding carboxylic acids is 1. The molecular formula is C22H23ClN2O4S2. The third-order valence-electron chi connectivity index (χ3n) is 5.63. The highest BCUT2D eigenvalue weighted by Crippen LogP contribution is 2.30. The number of carbonyl (C=O) groups is 1. The number of methoxy groups -OCH3 is 1. The summed E-state index contributed by atoms with van der Waals surface area (Å²) in [5.41, 5.74) is 0.936. The Morgan fingerprint density at radius 1 is 1.03 bits per heavy atom. The molecule has 3 aromatic rings. The van der Waals surface area contributed by atoms with Crippen molar-refractivity contribution in [2.45, 2.75) is 17.1 Å². The van der Waals surface area contributed by atoms with Gasteiger partial charge in [0, 0.05) is 26.2 Å². The maximum atomic E-state index is 13.1. The first-order chi connectivity index (χ1) is 14.8. The van der Waals surface area contributed by atoms with Crippen LogP contribution in [0.4, 0.5) is 0 Å². The van der Waals surface area contributed by atoms with E-state index in [9.17, 15) is 13.2 Å². The van der Waals surface area contributed by atoms with Crippen molar-refractivity contribution in [3.63, 3.8) is 0 Å². The number of hydrogen-bond donors (Lipinski definition) is 0. The number of hydrogen-bond acceptors (Lipinski definition) is 5. The molecule has 1 aromatic heterocycles. The summed E-state index contributed by atoms with van der Waals surface area (Å²) in [7, 11) is -1.94. The second kappa shape index (κ2) is 8.78. The largest absolute Gasteiger partial charge is 0.497 e. The first-order valence-corrected chi connectivity index (χ1v) is 12.5. The predicted octanol–water partition coefficient (Wildman–Crippen LogP) is 4.20. The Bertz CT molecular complexity index is 1220. The van der Waals surface area contributed by atoms with Gasteiger partial charge in [-0.1, -0.05) is 35.9 Å². The lowest BCUT2D eigenvalue weighted by atomic mass is 9.96. The van der Waals surface area contributed by atoms with Crippen molar-refractivity contribution < 1.29 is 17.9 Å². The maximum absolute atomic E-state index is 13.1. The van der Waals surface area contributed by atoms with Gasteiger partial charge in [0.15, 0.2) is 0 Å². The molecule has 1 saturated heterocycles. The predicted molar refractivity (Wildman–Crippen MR) is 124 cm³/mol. The molecule has 164 valence electrons. The van der Waals surface area contributed by atoms with E-state index in [0.29, 0.717) is 17.4 Å². The van der Waals surface area contributed by atoms with E-state index in [4.69, 9.17) is 16.3 Å². The number of ether oxygens (including phenoxy) is 1. The van der Waals surface area contributed by atoms with Crippen LogP contribution in [-0.2, 0) is 14.8 Å². The number of nitrogens with zero attached hydrogens (tertiary/aromatic N) is 2. The molecular weight excluding hydrogens is 456 g/mol. The highest BCUT2D eigenvalue weighted by Gasteiger charge is 2.32. The van der Waals surface area contributed by atoms with Gasteiger partial charge in [0.05, 0.1) is 17.4 Å². The molecule has 0 spiro atoms. The molecule has 0 radical (unpaired) electrons. The number of rotatable bonds is 5. The topological polar surface area (TPSA) is 66.9 Å². The highest BCUT2D eigenvalue weighted by atomic mass is 35.5. The summed E-state index contributed by atoms with van der Waals surface area (Å²) in [5, 5.41) is 2.10. The Balaban J connectivity index is 1.44. The third kappa shape index (κ3) is 4.43. The van der Waals surface area contributed by atoms with E-state index in [-0.39, 0.29) is 29.1 Å². The summed E-state index contributed by atoms with van der Waals surface area (Å²) in [4.78, 5) is 14.8. The van der Waals surface area contributed by atoms with Gasteiger partial charge in [-0.15, -0.1) is 11.3 Å². The van der Waals surface area contributed by atoms with Crippen molar-refractivity contribution in [2.75, 3.05) is 33.3 Å². The number of thiophene rings is 1. The van der Waals surface area contributed by atoms with Crippen LogP contribution in [0.1, 0.15) is 18.4 Å². The summed E-state index contributed by atoms with van der Waals surface area (Å²) in [6, 6.07) is 14.9. The van der Waals surface area contributed by atoms with Crippen molar-refractivity contribution in [3.05, 3.63) is 58.4 Å². The molecule has 1 aliphatic rings. The van der Waals surface area contributed by atoms with Crippen LogP contribution >= 0.6 is 22.9 Å². The van der Waals surface area contributed by atoms with Crippen molar-refractivity contribution in [1.29, 1.82) is 0 Å². The molecule has 2 aromatic carbocycles. The van der Waals surface area contributed by atoms with E-state index < -0.39 is 10.0 Å². The molecule has 1 amide bonds. The third-order valence-corrected chi connectivity index (χ3v) is 9.23. The molecule has 0 unspecified atom stereocenters. The first-order valence-electron chi connectivity index (χ1n) is 9.91. The molecule has 31 heavy (non-hydrogen) atoms. The van der Waals surface area contributed by atoms with Gasteiger partial charge in [0.25, 0.3) is 10.0 Å². The number of piperazine rings is 1. The molecule has 0 N–H and O–H groups in total. The van der Waals surface area contributed by atoms with Gasteiger partial charge >= 0.3 is 0 Å². The van der Waals surface area contributed by atoms with Gasteiger partial charge in [-0.25, -0.2) is 8.42 Å². The summed E-state index contributed by atoms with van der Waals surface area (Å²) in [6.07, 6.45) is 0. The lowest BCUT2D eigenvalue weighted by molar-refractivity contribution is -0.133. The lowest BCUT2D eigenvalue weighted by Crippen LogP contribution is -2.51. The summed E-state index contributed by atoms with van der Waals surface area (Å²) < 4.78 is 32.9. The number of amides is 1. The number of benzene rings is 2. The van der Waals surface area contributed by atoms with Gasteiger partial charge in [0.1, 0.15) is 9.96 Å². The monoisotopic (exact) mass is 478 g/mol. The van der Waals surface area contributed by atoms with Crippen molar-refractivity contribution >= 4 is 49.6 Å². The van der Waals surface area contributed by atoms with E-state index in [1.807, 2.05) is 43.3 Å². The quantitative estimate of drug-likeness (QED) is 0.551. The van der Waals surface area contributed by atoms with Crippen molar-refractivity contribution in [2.24, 2.45) is 0 Å². The molecule has 0 bridgehead atoms. The second-order valence-corrected chi connectivity index (χ2v) is 11.4. The fraction of sp³-hybridized carbons (Fsp3) is 0.318. The van der Waals surface area contributed by atoms with Crippen LogP contribution in [0.25, 0.3) is 10.8 Å². The van der Waals surface area contributed by atoms with Gasteiger partial charge in [-0.05, 0) is 47.5 Å². The Kier molecular flexibility index (Phi) is 6.25. The number of halogens is 1. The molecule has 4 rings (SSSR count). The molecule has 0 saturated carbocycles. The molecule has 1 atom stereocenters. The van der Waals surface area contributed by atoms with E-state index in [2.05, 4.69) is 0 Å². The summed E-state index contributed by atoms with van der Waals surface area (Å²) in [6.45, 7) is 3.17. The minimum absolute atomic E-state index is 0.00378. The Labute approximate surface area is 191 Å². The van der Waals surface area contributed by atoms with E-state index in [0.717, 1.165) is 33.4 Å². The first kappa shape index (κ1) is 22.1. The van der Waals surface area contributed by atoms with Crippen molar-refractivity contribution in [1.82, 2.24) is 9.21 Å². The lowest BCUT2D eigenvalue weighted by Gasteiger charge is -2.35. The van der Waals surface area contributed by atoms with Crippen LogP contribution in [0.15, 0.2) is 52.7 Å². The van der Waals surface area contributed by atoms with Crippen LogP contribution in [0.5, 0.6) is 5.75 Å². The Morgan fingerprint density at radius 2 is 1.71 bits per heavy atom. The van der Waals surface area contributed by atoms with E-state index in [1.165, 1.54) is 10.4 Å². The van der Waals surface area contributed by atoms with Crippen LogP contribution in [0, 0.1) is 0 Å². The summed E-state index contributed by atoms with van der Waals surface area (Å²) >= 11 is 6.94. The number of sulfonamides is 1. The zero-order chi connectivity index (χ0) is 22.2. The number of fused-ring (bicyclic) bond motifs is 1. The van der Waals surface area contributed by atoms with Gasteiger partial charge in [-0.2, -0.15) is 4.31 Å². The molecule has 1 aliphatic heterocycles. The average molecular weight is 479 g/mol. The minimum atomic E-state index is -3.57. The zero-order valence-corrected chi connectivity index (χ0v) is 19.6. The summed E-state index contributed by atoms with van der Waals surface area (Å²) in [5.74, 6) is 0.483. The van der Waals surface area contributed by atoms with Crippen LogP contribution < -0.4 is 4.74 Å². The normalized spacial score (nSPS) is 16.4. The fourth-order valence-electron chi connectivity index (χ4n) is 3.77. The SMILES string of the molecule is COc1ccc2cc([C@@H](C)C(=O)N3CCN(S(=O)(=O)c4ccc(Cl)s4)CC3)ccc2c1. The molecule has 1 fully saturated rings. The van der Waals surface area contributed by atoms with Crippen LogP contribution in [-0.4, -0.2) is 56.8 Å². The van der Waals surface area contributed by atoms with Crippen LogP contribution in [0.2, 0.25) is 4.34 Å². The van der Waals surface area contributed by atoms with Crippen molar-refractivity contribution in [3.8, 4) is 5.75 Å². The average Bonchev–Trinajstić information content (AvgIpc) is 3.24. The van der Waals surface area contributed by atoms with E-state index in [1.54, 1.807) is 18.1 Å². The standard InChI is InChI=1S/C22H23ClN2O4S2/c1-15(16-3-4-18-14-19(29-2)6-5-17(18)13-16)22(26)24-9-11-25(12-10-24)31(27,28)21-8-7-20(23)30-21/h3-8,13-15H,9-12H2,1-2H3/t15-/m1/s1.